The molecule has 1 aliphatic heterocycles. The highest BCUT2D eigenvalue weighted by Gasteiger charge is 2.46. The Labute approximate surface area is 128 Å². The molecular weight excluding hydrogens is 290 g/mol. The van der Waals surface area contributed by atoms with Gasteiger partial charge in [-0.2, -0.15) is 0 Å². The van der Waals surface area contributed by atoms with Crippen molar-refractivity contribution in [3.05, 3.63) is 35.9 Å². The van der Waals surface area contributed by atoms with Gasteiger partial charge in [-0.15, -0.1) is 0 Å². The molecule has 5 atom stereocenters. The molecular formula is C15H21NO6. The zero-order valence-electron chi connectivity index (χ0n) is 12.2. The molecule has 7 heteroatoms. The van der Waals surface area contributed by atoms with Gasteiger partial charge in [0.2, 0.25) is 0 Å². The third-order valence-electron chi connectivity index (χ3n) is 3.80. The predicted octanol–water partition coefficient (Wildman–Crippen LogP) is -1.05. The molecule has 0 radical (unpaired) electrons. The van der Waals surface area contributed by atoms with Crippen molar-refractivity contribution >= 4 is 5.91 Å². The summed E-state index contributed by atoms with van der Waals surface area (Å²) in [4.78, 5) is 13.8. The minimum absolute atomic E-state index is 0.233. The van der Waals surface area contributed by atoms with Gasteiger partial charge in [0, 0.05) is 12.1 Å². The van der Waals surface area contributed by atoms with Gasteiger partial charge in [0.15, 0.2) is 6.23 Å². The second-order valence-corrected chi connectivity index (χ2v) is 5.18. The molecule has 4 N–H and O–H groups in total. The molecule has 7 nitrogen and oxygen atoms in total. The first kappa shape index (κ1) is 16.9. The van der Waals surface area contributed by atoms with Crippen molar-refractivity contribution in [1.29, 1.82) is 0 Å². The summed E-state index contributed by atoms with van der Waals surface area (Å²) in [6.45, 7) is 1.41. The zero-order valence-corrected chi connectivity index (χ0v) is 12.2. The van der Waals surface area contributed by atoms with Crippen molar-refractivity contribution in [3.63, 3.8) is 0 Å². The maximum atomic E-state index is 12.5. The summed E-state index contributed by atoms with van der Waals surface area (Å²) in [5, 5.41) is 38.9. The van der Waals surface area contributed by atoms with Crippen molar-refractivity contribution in [3.8, 4) is 0 Å². The fourth-order valence-corrected chi connectivity index (χ4v) is 2.53. The Morgan fingerprint density at radius 1 is 1.14 bits per heavy atom. The third-order valence-corrected chi connectivity index (χ3v) is 3.80. The van der Waals surface area contributed by atoms with Crippen LogP contribution < -0.4 is 0 Å². The first-order valence-electron chi connectivity index (χ1n) is 7.17. The highest BCUT2D eigenvalue weighted by molar-refractivity contribution is 5.94. The molecule has 1 aromatic rings. The molecule has 2 rings (SSSR count). The van der Waals surface area contributed by atoms with E-state index in [1.54, 1.807) is 37.3 Å². The van der Waals surface area contributed by atoms with Crippen LogP contribution in [0, 0.1) is 0 Å². The third kappa shape index (κ3) is 3.13. The van der Waals surface area contributed by atoms with E-state index in [2.05, 4.69) is 0 Å². The quantitative estimate of drug-likeness (QED) is 0.565. The molecule has 1 aromatic carbocycles. The molecule has 1 amide bonds. The van der Waals surface area contributed by atoms with Gasteiger partial charge in [0.25, 0.3) is 5.91 Å². The molecule has 0 unspecified atom stereocenters. The lowest BCUT2D eigenvalue weighted by molar-refractivity contribution is -0.257. The molecule has 1 heterocycles. The first-order valence-corrected chi connectivity index (χ1v) is 7.17. The number of ether oxygens (including phenoxy) is 1. The van der Waals surface area contributed by atoms with Crippen LogP contribution in [-0.4, -0.2) is 75.0 Å². The minimum Gasteiger partial charge on any atom is -0.394 e. The van der Waals surface area contributed by atoms with E-state index in [0.717, 1.165) is 0 Å². The molecule has 122 valence electrons. The summed E-state index contributed by atoms with van der Waals surface area (Å²) in [6, 6.07) is 8.48. The van der Waals surface area contributed by atoms with Gasteiger partial charge >= 0.3 is 0 Å². The van der Waals surface area contributed by atoms with Crippen LogP contribution in [0.3, 0.4) is 0 Å². The van der Waals surface area contributed by atoms with Crippen LogP contribution >= 0.6 is 0 Å². The van der Waals surface area contributed by atoms with Crippen LogP contribution in [0.4, 0.5) is 0 Å². The number of carbonyl (C=O) groups excluding carboxylic acids is 1. The highest BCUT2D eigenvalue weighted by atomic mass is 16.6. The van der Waals surface area contributed by atoms with Crippen LogP contribution in [0.5, 0.6) is 0 Å². The normalized spacial score (nSPS) is 31.8. The van der Waals surface area contributed by atoms with Crippen molar-refractivity contribution in [1.82, 2.24) is 4.90 Å². The van der Waals surface area contributed by atoms with E-state index in [4.69, 9.17) is 4.74 Å². The molecule has 0 aliphatic carbocycles. The molecule has 1 aliphatic rings. The number of amides is 1. The van der Waals surface area contributed by atoms with Crippen molar-refractivity contribution in [2.45, 2.75) is 37.6 Å². The molecule has 0 spiro atoms. The van der Waals surface area contributed by atoms with Crippen LogP contribution in [-0.2, 0) is 4.74 Å². The van der Waals surface area contributed by atoms with Crippen molar-refractivity contribution < 1.29 is 30.0 Å². The fourth-order valence-electron chi connectivity index (χ4n) is 2.53. The smallest absolute Gasteiger partial charge is 0.255 e. The van der Waals surface area contributed by atoms with E-state index in [0.29, 0.717) is 5.56 Å². The monoisotopic (exact) mass is 311 g/mol. The Bertz CT molecular complexity index is 494. The van der Waals surface area contributed by atoms with Crippen LogP contribution in [0.25, 0.3) is 0 Å². The van der Waals surface area contributed by atoms with Gasteiger partial charge in [0.1, 0.15) is 24.4 Å². The minimum atomic E-state index is -1.51. The van der Waals surface area contributed by atoms with E-state index >= 15 is 0 Å². The average Bonchev–Trinajstić information content (AvgIpc) is 2.56. The Morgan fingerprint density at radius 2 is 1.77 bits per heavy atom. The summed E-state index contributed by atoms with van der Waals surface area (Å²) < 4.78 is 5.42. The van der Waals surface area contributed by atoms with Gasteiger partial charge < -0.3 is 30.1 Å². The number of aliphatic hydroxyl groups excluding tert-OH is 4. The largest absolute Gasteiger partial charge is 0.394 e. The zero-order chi connectivity index (χ0) is 16.3. The van der Waals surface area contributed by atoms with Crippen LogP contribution in [0.2, 0.25) is 0 Å². The molecule has 22 heavy (non-hydrogen) atoms. The number of hydrogen-bond donors (Lipinski definition) is 4. The number of nitrogens with zero attached hydrogens (tertiary/aromatic N) is 1. The Morgan fingerprint density at radius 3 is 2.32 bits per heavy atom. The summed E-state index contributed by atoms with van der Waals surface area (Å²) in [5.41, 5.74) is 0.418. The van der Waals surface area contributed by atoms with Crippen molar-refractivity contribution in [2.24, 2.45) is 0 Å². The number of aliphatic hydroxyl groups is 4. The van der Waals surface area contributed by atoms with Gasteiger partial charge in [0.05, 0.1) is 6.61 Å². The maximum Gasteiger partial charge on any atom is 0.255 e. The maximum absolute atomic E-state index is 12.5. The second kappa shape index (κ2) is 7.17. The summed E-state index contributed by atoms with van der Waals surface area (Å²) in [7, 11) is 0. The molecule has 1 saturated heterocycles. The van der Waals surface area contributed by atoms with Crippen LogP contribution in [0.15, 0.2) is 30.3 Å². The second-order valence-electron chi connectivity index (χ2n) is 5.18. The lowest BCUT2D eigenvalue weighted by atomic mass is 9.97. The standard InChI is InChI=1S/C15H21NO6/c1-2-16(14(21)9-6-4-3-5-7-9)15-13(20)12(19)11(18)10(8-17)22-15/h3-7,10-13,15,17-20H,2,8H2,1H3/t10-,11+,12+,13-,15-/m1/s1. The lowest BCUT2D eigenvalue weighted by Gasteiger charge is -2.44. The van der Waals surface area contributed by atoms with E-state index in [1.165, 1.54) is 4.90 Å². The van der Waals surface area contributed by atoms with E-state index in [-0.39, 0.29) is 12.5 Å². The van der Waals surface area contributed by atoms with Gasteiger partial charge in [-0.25, -0.2) is 0 Å². The number of benzene rings is 1. The number of carbonyl (C=O) groups is 1. The first-order chi connectivity index (χ1) is 10.5. The van der Waals surface area contributed by atoms with E-state index < -0.39 is 37.3 Å². The van der Waals surface area contributed by atoms with Gasteiger partial charge in [-0.3, -0.25) is 4.79 Å². The van der Waals surface area contributed by atoms with E-state index in [9.17, 15) is 25.2 Å². The summed E-state index contributed by atoms with van der Waals surface area (Å²) in [5.74, 6) is -0.368. The average molecular weight is 311 g/mol. The topological polar surface area (TPSA) is 110 Å². The Balaban J connectivity index is 2.24. The molecule has 0 bridgehead atoms. The predicted molar refractivity (Wildman–Crippen MR) is 76.9 cm³/mol. The number of hydrogen-bond acceptors (Lipinski definition) is 6. The Kier molecular flexibility index (Phi) is 5.49. The van der Waals surface area contributed by atoms with Crippen molar-refractivity contribution in [2.75, 3.05) is 13.2 Å². The van der Waals surface area contributed by atoms with Gasteiger partial charge in [-0.05, 0) is 19.1 Å². The molecule has 1 fully saturated rings. The van der Waals surface area contributed by atoms with E-state index in [1.807, 2.05) is 0 Å². The summed E-state index contributed by atoms with van der Waals surface area (Å²) in [6.07, 6.45) is -6.60. The van der Waals surface area contributed by atoms with Gasteiger partial charge in [-0.1, -0.05) is 18.2 Å². The number of likely N-dealkylation sites (N-methyl/N-ethyl adjacent to an activating group) is 1. The molecule has 0 saturated carbocycles. The number of rotatable bonds is 4. The lowest BCUT2D eigenvalue weighted by Crippen LogP contribution is -2.64. The van der Waals surface area contributed by atoms with Crippen LogP contribution in [0.1, 0.15) is 17.3 Å². The fraction of sp³-hybridized carbons (Fsp3) is 0.533. The highest BCUT2D eigenvalue weighted by Crippen LogP contribution is 2.24. The Hall–Kier alpha value is -1.51. The SMILES string of the molecule is CCN(C(=O)c1ccccc1)[C@@H]1O[C@H](CO)[C@H](O)[C@H](O)[C@H]1O. The summed E-state index contributed by atoms with van der Waals surface area (Å²) >= 11 is 0. The molecule has 0 aromatic heterocycles.